The third kappa shape index (κ3) is 2.24. The second-order valence-corrected chi connectivity index (χ2v) is 7.65. The summed E-state index contributed by atoms with van der Waals surface area (Å²) in [4.78, 5) is 27.2. The van der Waals surface area contributed by atoms with Crippen molar-refractivity contribution in [2.45, 2.75) is 57.7 Å². The number of carbonyl (C=O) groups is 2. The molecule has 2 aliphatic rings. The number of carbonyl (C=O) groups excluding carboxylic acids is 2. The first-order valence-electron chi connectivity index (χ1n) is 6.98. The standard InChI is InChI=1S/C15H19NO3S/c1-15(2,3)19-14(18)16-9-4-5-12(16)11-7-10(8-17)20-13(11)6-9/h7-9,12H,4-6H2,1-3H3/t9-,12+/m1/s1. The molecule has 1 aromatic heterocycles. The summed E-state index contributed by atoms with van der Waals surface area (Å²) in [6.45, 7) is 5.66. The zero-order valence-electron chi connectivity index (χ0n) is 12.0. The van der Waals surface area contributed by atoms with Crippen LogP contribution in [0.1, 0.15) is 59.8 Å². The topological polar surface area (TPSA) is 46.6 Å². The lowest BCUT2D eigenvalue weighted by Crippen LogP contribution is -2.44. The number of fused-ring (bicyclic) bond motifs is 4. The van der Waals surface area contributed by atoms with Gasteiger partial charge in [-0.2, -0.15) is 0 Å². The van der Waals surface area contributed by atoms with E-state index in [4.69, 9.17) is 4.74 Å². The van der Waals surface area contributed by atoms with E-state index >= 15 is 0 Å². The van der Waals surface area contributed by atoms with Crippen molar-refractivity contribution in [1.29, 1.82) is 0 Å². The fraction of sp³-hybridized carbons (Fsp3) is 0.600. The van der Waals surface area contributed by atoms with Gasteiger partial charge in [0.2, 0.25) is 0 Å². The number of hydrogen-bond acceptors (Lipinski definition) is 4. The first-order chi connectivity index (χ1) is 9.39. The van der Waals surface area contributed by atoms with Crippen LogP contribution in [0.2, 0.25) is 0 Å². The second-order valence-electron chi connectivity index (χ2n) is 6.48. The highest BCUT2D eigenvalue weighted by molar-refractivity contribution is 7.13. The van der Waals surface area contributed by atoms with Crippen LogP contribution in [0.3, 0.4) is 0 Å². The molecule has 1 saturated heterocycles. The predicted octanol–water partition coefficient (Wildman–Crippen LogP) is 3.56. The number of amides is 1. The van der Waals surface area contributed by atoms with Gasteiger partial charge in [-0.25, -0.2) is 4.79 Å². The monoisotopic (exact) mass is 293 g/mol. The maximum Gasteiger partial charge on any atom is 0.411 e. The molecule has 5 heteroatoms. The van der Waals surface area contributed by atoms with Crippen LogP contribution in [-0.4, -0.2) is 28.9 Å². The highest BCUT2D eigenvalue weighted by Gasteiger charge is 2.45. The van der Waals surface area contributed by atoms with Crippen LogP contribution >= 0.6 is 11.3 Å². The summed E-state index contributed by atoms with van der Waals surface area (Å²) in [5, 5.41) is 0. The fourth-order valence-electron chi connectivity index (χ4n) is 3.16. The van der Waals surface area contributed by atoms with Gasteiger partial charge in [-0.15, -0.1) is 11.3 Å². The predicted molar refractivity (Wildman–Crippen MR) is 77.2 cm³/mol. The summed E-state index contributed by atoms with van der Waals surface area (Å²) in [5.74, 6) is 0. The summed E-state index contributed by atoms with van der Waals surface area (Å²) in [6.07, 6.45) is 3.50. The third-order valence-corrected chi connectivity index (χ3v) is 4.96. The number of ether oxygens (including phenoxy) is 1. The Labute approximate surface area is 122 Å². The summed E-state index contributed by atoms with van der Waals surface area (Å²) >= 11 is 1.56. The lowest BCUT2D eigenvalue weighted by molar-refractivity contribution is 0.0127. The Hall–Kier alpha value is -1.36. The van der Waals surface area contributed by atoms with Crippen molar-refractivity contribution in [2.75, 3.05) is 0 Å². The van der Waals surface area contributed by atoms with E-state index in [9.17, 15) is 9.59 Å². The Morgan fingerprint density at radius 3 is 2.85 bits per heavy atom. The number of rotatable bonds is 1. The van der Waals surface area contributed by atoms with E-state index in [1.807, 2.05) is 31.7 Å². The Morgan fingerprint density at radius 1 is 1.45 bits per heavy atom. The Balaban J connectivity index is 1.88. The molecule has 3 rings (SSSR count). The van der Waals surface area contributed by atoms with E-state index in [0.717, 1.165) is 36.0 Å². The maximum atomic E-state index is 12.4. The molecule has 0 N–H and O–H groups in total. The van der Waals surface area contributed by atoms with E-state index in [1.54, 1.807) is 11.3 Å². The van der Waals surface area contributed by atoms with Gasteiger partial charge in [-0.05, 0) is 45.2 Å². The maximum absolute atomic E-state index is 12.4. The Morgan fingerprint density at radius 2 is 2.20 bits per heavy atom. The molecule has 0 radical (unpaired) electrons. The molecule has 20 heavy (non-hydrogen) atoms. The van der Waals surface area contributed by atoms with Crippen LogP contribution in [0, 0.1) is 0 Å². The van der Waals surface area contributed by atoms with Gasteiger partial charge < -0.3 is 4.74 Å². The van der Waals surface area contributed by atoms with Gasteiger partial charge in [0.1, 0.15) is 5.60 Å². The lowest BCUT2D eigenvalue weighted by Gasteiger charge is -2.36. The van der Waals surface area contributed by atoms with Crippen molar-refractivity contribution in [2.24, 2.45) is 0 Å². The second kappa shape index (κ2) is 4.58. The molecule has 0 saturated carbocycles. The molecule has 0 aliphatic carbocycles. The lowest BCUT2D eigenvalue weighted by atomic mass is 10.0. The highest BCUT2D eigenvalue weighted by atomic mass is 32.1. The number of aldehydes is 1. The smallest absolute Gasteiger partial charge is 0.411 e. The highest BCUT2D eigenvalue weighted by Crippen LogP contribution is 2.46. The molecule has 108 valence electrons. The Bertz CT molecular complexity index is 558. The molecule has 4 nitrogen and oxygen atoms in total. The SMILES string of the molecule is CC(C)(C)OC(=O)N1[C@@H]2CC[C@H]1c1cc(C=O)sc1C2. The van der Waals surface area contributed by atoms with Gasteiger partial charge >= 0.3 is 6.09 Å². The third-order valence-electron chi connectivity index (χ3n) is 3.86. The molecule has 1 fully saturated rings. The van der Waals surface area contributed by atoms with Crippen molar-refractivity contribution >= 4 is 23.7 Å². The van der Waals surface area contributed by atoms with Crippen molar-refractivity contribution < 1.29 is 14.3 Å². The quantitative estimate of drug-likeness (QED) is 0.744. The van der Waals surface area contributed by atoms with Crippen molar-refractivity contribution in [3.8, 4) is 0 Å². The minimum absolute atomic E-state index is 0.0866. The van der Waals surface area contributed by atoms with Crippen LogP contribution in [-0.2, 0) is 11.2 Å². The summed E-state index contributed by atoms with van der Waals surface area (Å²) in [5.41, 5.74) is 0.677. The molecule has 0 aromatic carbocycles. The largest absolute Gasteiger partial charge is 0.444 e. The fourth-order valence-corrected chi connectivity index (χ4v) is 4.26. The molecule has 1 aromatic rings. The van der Waals surface area contributed by atoms with Crippen LogP contribution in [0.15, 0.2) is 6.07 Å². The molecule has 0 unspecified atom stereocenters. The molecule has 2 atom stereocenters. The van der Waals surface area contributed by atoms with Crippen molar-refractivity contribution in [3.63, 3.8) is 0 Å². The van der Waals surface area contributed by atoms with E-state index in [1.165, 1.54) is 4.88 Å². The summed E-state index contributed by atoms with van der Waals surface area (Å²) in [6, 6.07) is 2.25. The zero-order chi connectivity index (χ0) is 14.5. The number of thiophene rings is 1. The Kier molecular flexibility index (Phi) is 3.12. The van der Waals surface area contributed by atoms with Gasteiger partial charge in [0, 0.05) is 17.3 Å². The molecule has 0 spiro atoms. The van der Waals surface area contributed by atoms with Gasteiger partial charge in [0.05, 0.1) is 10.9 Å². The van der Waals surface area contributed by atoms with Crippen LogP contribution < -0.4 is 0 Å². The molecule has 2 bridgehead atoms. The van der Waals surface area contributed by atoms with Gasteiger partial charge in [-0.3, -0.25) is 9.69 Å². The minimum Gasteiger partial charge on any atom is -0.444 e. The van der Waals surface area contributed by atoms with E-state index in [-0.39, 0.29) is 18.2 Å². The number of nitrogens with zero attached hydrogens (tertiary/aromatic N) is 1. The van der Waals surface area contributed by atoms with E-state index in [0.29, 0.717) is 0 Å². The van der Waals surface area contributed by atoms with Gasteiger partial charge in [0.15, 0.2) is 6.29 Å². The number of hydrogen-bond donors (Lipinski definition) is 0. The van der Waals surface area contributed by atoms with Crippen LogP contribution in [0.4, 0.5) is 4.79 Å². The van der Waals surface area contributed by atoms with Gasteiger partial charge in [0.25, 0.3) is 0 Å². The van der Waals surface area contributed by atoms with Crippen LogP contribution in [0.25, 0.3) is 0 Å². The zero-order valence-corrected chi connectivity index (χ0v) is 12.8. The minimum atomic E-state index is -0.473. The van der Waals surface area contributed by atoms with Gasteiger partial charge in [-0.1, -0.05) is 0 Å². The molecular weight excluding hydrogens is 274 g/mol. The first-order valence-corrected chi connectivity index (χ1v) is 7.80. The average Bonchev–Trinajstić information content (AvgIpc) is 2.89. The van der Waals surface area contributed by atoms with Crippen LogP contribution in [0.5, 0.6) is 0 Å². The van der Waals surface area contributed by atoms with Crippen molar-refractivity contribution in [1.82, 2.24) is 4.90 Å². The molecule has 1 amide bonds. The average molecular weight is 293 g/mol. The normalized spacial score (nSPS) is 24.4. The van der Waals surface area contributed by atoms with E-state index < -0.39 is 5.60 Å². The summed E-state index contributed by atoms with van der Waals surface area (Å²) in [7, 11) is 0. The molecule has 3 heterocycles. The first kappa shape index (κ1) is 13.6. The van der Waals surface area contributed by atoms with Crippen molar-refractivity contribution in [3.05, 3.63) is 21.4 Å². The molecular formula is C15H19NO3S. The summed E-state index contributed by atoms with van der Waals surface area (Å²) < 4.78 is 5.53. The van der Waals surface area contributed by atoms with E-state index in [2.05, 4.69) is 0 Å². The molecule has 2 aliphatic heterocycles.